The molecule has 2 rings (SSSR count). The molecular formula is C12H15NO8. The Morgan fingerprint density at radius 1 is 1.14 bits per heavy atom. The van der Waals surface area contributed by atoms with E-state index in [2.05, 4.69) is 0 Å². The van der Waals surface area contributed by atoms with Crippen LogP contribution in [-0.4, -0.2) is 62.7 Å². The smallest absolute Gasteiger partial charge is 0.269 e. The van der Waals surface area contributed by atoms with Crippen LogP contribution in [0.1, 0.15) is 0 Å². The molecule has 116 valence electrons. The lowest BCUT2D eigenvalue weighted by atomic mass is 9.99. The quantitative estimate of drug-likeness (QED) is 0.400. The van der Waals surface area contributed by atoms with Crippen LogP contribution in [0.3, 0.4) is 0 Å². The predicted octanol–water partition coefficient (Wildman–Crippen LogP) is -1.23. The van der Waals surface area contributed by atoms with Crippen molar-refractivity contribution in [1.29, 1.82) is 0 Å². The van der Waals surface area contributed by atoms with Crippen LogP contribution in [-0.2, 0) is 4.74 Å². The highest BCUT2D eigenvalue weighted by Crippen LogP contribution is 2.25. The van der Waals surface area contributed by atoms with Crippen molar-refractivity contribution in [3.05, 3.63) is 34.4 Å². The molecule has 0 unspecified atom stereocenters. The number of nitro benzene ring substituents is 1. The van der Waals surface area contributed by atoms with E-state index in [1.54, 1.807) is 0 Å². The van der Waals surface area contributed by atoms with Crippen molar-refractivity contribution in [3.8, 4) is 5.75 Å². The molecule has 0 spiro atoms. The molecule has 0 amide bonds. The van der Waals surface area contributed by atoms with Gasteiger partial charge in [-0.05, 0) is 12.1 Å². The summed E-state index contributed by atoms with van der Waals surface area (Å²) in [7, 11) is 0. The Morgan fingerprint density at radius 2 is 1.76 bits per heavy atom. The molecular weight excluding hydrogens is 286 g/mol. The second-order valence-corrected chi connectivity index (χ2v) is 4.57. The Kier molecular flexibility index (Phi) is 4.70. The molecule has 0 radical (unpaired) electrons. The van der Waals surface area contributed by atoms with Crippen LogP contribution in [0, 0.1) is 10.1 Å². The summed E-state index contributed by atoms with van der Waals surface area (Å²) < 4.78 is 10.4. The van der Waals surface area contributed by atoms with Gasteiger partial charge < -0.3 is 29.9 Å². The van der Waals surface area contributed by atoms with E-state index in [9.17, 15) is 25.4 Å². The van der Waals surface area contributed by atoms with E-state index < -0.39 is 42.2 Å². The summed E-state index contributed by atoms with van der Waals surface area (Å²) >= 11 is 0. The minimum absolute atomic E-state index is 0.129. The Balaban J connectivity index is 2.08. The van der Waals surface area contributed by atoms with Gasteiger partial charge in [0.05, 0.1) is 11.5 Å². The Bertz CT molecular complexity index is 491. The third-order valence-corrected chi connectivity index (χ3v) is 3.15. The number of aliphatic hydroxyl groups is 4. The highest BCUT2D eigenvalue weighted by Gasteiger charge is 2.44. The van der Waals surface area contributed by atoms with Crippen LogP contribution in [0.2, 0.25) is 0 Å². The topological polar surface area (TPSA) is 143 Å². The number of non-ortho nitro benzene ring substituents is 1. The minimum atomic E-state index is -1.54. The first-order valence-electron chi connectivity index (χ1n) is 6.15. The van der Waals surface area contributed by atoms with Gasteiger partial charge in [0.15, 0.2) is 0 Å². The average molecular weight is 301 g/mol. The van der Waals surface area contributed by atoms with Gasteiger partial charge in [-0.3, -0.25) is 10.1 Å². The van der Waals surface area contributed by atoms with Crippen LogP contribution in [0.25, 0.3) is 0 Å². The lowest BCUT2D eigenvalue weighted by Crippen LogP contribution is -2.60. The van der Waals surface area contributed by atoms with E-state index in [1.165, 1.54) is 24.3 Å². The first kappa shape index (κ1) is 15.6. The minimum Gasteiger partial charge on any atom is -0.462 e. The summed E-state index contributed by atoms with van der Waals surface area (Å²) in [6.07, 6.45) is -6.94. The molecule has 1 aromatic carbocycles. The van der Waals surface area contributed by atoms with Crippen molar-refractivity contribution in [2.45, 2.75) is 30.7 Å². The fourth-order valence-electron chi connectivity index (χ4n) is 1.95. The van der Waals surface area contributed by atoms with Crippen molar-refractivity contribution >= 4 is 5.69 Å². The van der Waals surface area contributed by atoms with Crippen LogP contribution >= 0.6 is 0 Å². The largest absolute Gasteiger partial charge is 0.462 e. The summed E-state index contributed by atoms with van der Waals surface area (Å²) in [6.45, 7) is -0.564. The van der Waals surface area contributed by atoms with Crippen molar-refractivity contribution < 1.29 is 34.8 Å². The van der Waals surface area contributed by atoms with Gasteiger partial charge >= 0.3 is 0 Å². The van der Waals surface area contributed by atoms with Gasteiger partial charge in [0.25, 0.3) is 5.69 Å². The second kappa shape index (κ2) is 6.33. The van der Waals surface area contributed by atoms with Crippen LogP contribution in [0.4, 0.5) is 5.69 Å². The van der Waals surface area contributed by atoms with Crippen LogP contribution in [0.15, 0.2) is 24.3 Å². The molecule has 1 aliphatic rings. The molecule has 1 aromatic rings. The maximum absolute atomic E-state index is 10.5. The van der Waals surface area contributed by atoms with Crippen molar-refractivity contribution in [1.82, 2.24) is 0 Å². The fourth-order valence-corrected chi connectivity index (χ4v) is 1.95. The number of nitro groups is 1. The summed E-state index contributed by atoms with van der Waals surface area (Å²) in [5.41, 5.74) is -0.129. The SMILES string of the molecule is O=[N+]([O-])c1ccc(O[C@H]2O[C@@H](CO)[C@H](O)[C@H](O)[C@@H]2O)cc1. The molecule has 4 N–H and O–H groups in total. The zero-order chi connectivity index (χ0) is 15.6. The molecule has 5 atom stereocenters. The van der Waals surface area contributed by atoms with E-state index in [0.29, 0.717) is 0 Å². The highest BCUT2D eigenvalue weighted by atomic mass is 16.7. The monoisotopic (exact) mass is 301 g/mol. The van der Waals surface area contributed by atoms with Gasteiger partial charge in [-0.2, -0.15) is 0 Å². The molecule has 0 aromatic heterocycles. The van der Waals surface area contributed by atoms with E-state index in [1.807, 2.05) is 0 Å². The zero-order valence-electron chi connectivity index (χ0n) is 10.8. The summed E-state index contributed by atoms with van der Waals surface area (Å²) in [5, 5.41) is 48.6. The third kappa shape index (κ3) is 3.28. The normalized spacial score (nSPS) is 32.7. The van der Waals surface area contributed by atoms with Gasteiger partial charge in [-0.25, -0.2) is 0 Å². The zero-order valence-corrected chi connectivity index (χ0v) is 10.8. The molecule has 0 bridgehead atoms. The van der Waals surface area contributed by atoms with Gasteiger partial charge in [0.1, 0.15) is 30.2 Å². The predicted molar refractivity (Wildman–Crippen MR) is 67.5 cm³/mol. The lowest BCUT2D eigenvalue weighted by molar-refractivity contribution is -0.384. The molecule has 1 saturated heterocycles. The molecule has 1 heterocycles. The molecule has 1 fully saturated rings. The highest BCUT2D eigenvalue weighted by molar-refractivity contribution is 5.36. The summed E-state index contributed by atoms with van der Waals surface area (Å²) in [5.74, 6) is 0.171. The maximum Gasteiger partial charge on any atom is 0.269 e. The first-order valence-corrected chi connectivity index (χ1v) is 6.15. The van der Waals surface area contributed by atoms with E-state index in [4.69, 9.17) is 14.6 Å². The summed E-state index contributed by atoms with van der Waals surface area (Å²) in [6, 6.07) is 5.03. The molecule has 0 aliphatic carbocycles. The van der Waals surface area contributed by atoms with Gasteiger partial charge in [-0.1, -0.05) is 0 Å². The Labute approximate surface area is 119 Å². The Hall–Kier alpha value is -1.78. The second-order valence-electron chi connectivity index (χ2n) is 4.57. The van der Waals surface area contributed by atoms with E-state index in [-0.39, 0.29) is 11.4 Å². The maximum atomic E-state index is 10.5. The van der Waals surface area contributed by atoms with Gasteiger partial charge in [0, 0.05) is 12.1 Å². The first-order chi connectivity index (χ1) is 9.93. The number of benzene rings is 1. The van der Waals surface area contributed by atoms with E-state index in [0.717, 1.165) is 0 Å². The number of rotatable bonds is 4. The standard InChI is InChI=1S/C12H15NO8/c14-5-8-9(15)10(16)11(17)12(21-8)20-7-3-1-6(2-4-7)13(18)19/h1-4,8-12,14-17H,5H2/t8-,9-,10-,11-,12-/m0/s1. The van der Waals surface area contributed by atoms with Crippen molar-refractivity contribution in [2.75, 3.05) is 6.61 Å². The molecule has 0 saturated carbocycles. The Morgan fingerprint density at radius 3 is 2.29 bits per heavy atom. The lowest BCUT2D eigenvalue weighted by Gasteiger charge is -2.39. The van der Waals surface area contributed by atoms with Crippen molar-refractivity contribution in [2.24, 2.45) is 0 Å². The van der Waals surface area contributed by atoms with Gasteiger partial charge in [-0.15, -0.1) is 0 Å². The number of hydrogen-bond acceptors (Lipinski definition) is 8. The number of ether oxygens (including phenoxy) is 2. The average Bonchev–Trinajstić information content (AvgIpc) is 2.48. The van der Waals surface area contributed by atoms with Crippen LogP contribution < -0.4 is 4.74 Å². The fraction of sp³-hybridized carbons (Fsp3) is 0.500. The molecule has 9 nitrogen and oxygen atoms in total. The number of aliphatic hydroxyl groups excluding tert-OH is 4. The molecule has 9 heteroatoms. The van der Waals surface area contributed by atoms with E-state index >= 15 is 0 Å². The summed E-state index contributed by atoms with van der Waals surface area (Å²) in [4.78, 5) is 9.95. The van der Waals surface area contributed by atoms with Crippen LogP contribution in [0.5, 0.6) is 5.75 Å². The van der Waals surface area contributed by atoms with Crippen molar-refractivity contribution in [3.63, 3.8) is 0 Å². The molecule has 1 aliphatic heterocycles. The number of hydrogen-bond donors (Lipinski definition) is 4. The van der Waals surface area contributed by atoms with Gasteiger partial charge in [0.2, 0.25) is 6.29 Å². The number of nitrogens with zero attached hydrogens (tertiary/aromatic N) is 1. The molecule has 21 heavy (non-hydrogen) atoms. The third-order valence-electron chi connectivity index (χ3n) is 3.15.